The zero-order chi connectivity index (χ0) is 27.5. The van der Waals surface area contributed by atoms with Crippen LogP contribution in [-0.2, 0) is 0 Å². The average molecular weight is 553 g/mol. The van der Waals surface area contributed by atoms with Gasteiger partial charge >= 0.3 is 5.69 Å². The maximum absolute atomic E-state index is 11.6. The first kappa shape index (κ1) is 27.3. The van der Waals surface area contributed by atoms with Gasteiger partial charge in [-0.2, -0.15) is 9.61 Å². The van der Waals surface area contributed by atoms with Gasteiger partial charge in [0.2, 0.25) is 5.88 Å². The molecule has 1 aliphatic carbocycles. The van der Waals surface area contributed by atoms with E-state index in [4.69, 9.17) is 9.98 Å². The second-order valence-electron chi connectivity index (χ2n) is 10.0. The van der Waals surface area contributed by atoms with Crippen LogP contribution in [0.25, 0.3) is 22.3 Å². The van der Waals surface area contributed by atoms with Gasteiger partial charge in [-0.25, -0.2) is 9.78 Å². The van der Waals surface area contributed by atoms with Gasteiger partial charge in [0.1, 0.15) is 11.9 Å². The number of fused-ring (bicyclic) bond motifs is 1. The molecule has 11 nitrogen and oxygen atoms in total. The van der Waals surface area contributed by atoms with Gasteiger partial charge in [-0.05, 0) is 70.5 Å². The molecule has 208 valence electrons. The number of thiophene rings is 1. The van der Waals surface area contributed by atoms with Crippen LogP contribution in [0.3, 0.4) is 0 Å². The van der Waals surface area contributed by atoms with Crippen molar-refractivity contribution < 1.29 is 10.2 Å². The van der Waals surface area contributed by atoms with Crippen molar-refractivity contribution in [2.75, 3.05) is 19.6 Å². The molecule has 0 bridgehead atoms. The van der Waals surface area contributed by atoms with E-state index in [1.807, 2.05) is 18.2 Å². The molecule has 4 aromatic heterocycles. The number of aromatic nitrogens is 5. The summed E-state index contributed by atoms with van der Waals surface area (Å²) in [5, 5.41) is 29.3. The highest BCUT2D eigenvalue weighted by Crippen LogP contribution is 2.30. The molecule has 0 spiro atoms. The van der Waals surface area contributed by atoms with Crippen LogP contribution in [0.1, 0.15) is 63.3 Å². The quantitative estimate of drug-likeness (QED) is 0.169. The zero-order valence-corrected chi connectivity index (χ0v) is 23.3. The average Bonchev–Trinajstić information content (AvgIpc) is 3.29. The summed E-state index contributed by atoms with van der Waals surface area (Å²) in [6, 6.07) is 6.27. The molecule has 4 aromatic rings. The number of nitrogens with zero attached hydrogens (tertiary/aromatic N) is 5. The van der Waals surface area contributed by atoms with Crippen LogP contribution >= 0.6 is 11.3 Å². The molecular formula is C27H36N8O3S. The van der Waals surface area contributed by atoms with Crippen molar-refractivity contribution in [1.29, 1.82) is 0 Å². The molecule has 5 N–H and O–H groups in total. The van der Waals surface area contributed by atoms with Crippen molar-refractivity contribution in [3.63, 3.8) is 0 Å². The summed E-state index contributed by atoms with van der Waals surface area (Å²) in [4.78, 5) is 30.3. The van der Waals surface area contributed by atoms with Crippen LogP contribution in [0.15, 0.2) is 34.2 Å². The lowest BCUT2D eigenvalue weighted by molar-refractivity contribution is 0.126. The fraction of sp³-hybridized carbons (Fsp3) is 0.481. The third-order valence-corrected chi connectivity index (χ3v) is 8.13. The third kappa shape index (κ3) is 6.47. The number of hydrogen-bond donors (Lipinski definition) is 5. The van der Waals surface area contributed by atoms with Crippen LogP contribution in [0.4, 0.5) is 0 Å². The molecule has 0 aromatic carbocycles. The van der Waals surface area contributed by atoms with Gasteiger partial charge in [0.05, 0.1) is 22.8 Å². The Morgan fingerprint density at radius 1 is 1.31 bits per heavy atom. The molecule has 0 aliphatic heterocycles. The molecule has 0 amide bonds. The van der Waals surface area contributed by atoms with Crippen molar-refractivity contribution in [2.45, 2.75) is 64.8 Å². The highest BCUT2D eigenvalue weighted by molar-refractivity contribution is 7.15. The number of aliphatic hydroxyl groups excluding tert-OH is 1. The minimum Gasteiger partial charge on any atom is -0.493 e. The van der Waals surface area contributed by atoms with E-state index in [-0.39, 0.29) is 23.7 Å². The minimum atomic E-state index is -0.765. The predicted octanol–water partition coefficient (Wildman–Crippen LogP) is 1.88. The first-order valence-electron chi connectivity index (χ1n) is 13.6. The topological polar surface area (TPSA) is 147 Å². The van der Waals surface area contributed by atoms with Crippen molar-refractivity contribution in [1.82, 2.24) is 34.8 Å². The van der Waals surface area contributed by atoms with Crippen molar-refractivity contribution in [3.05, 3.63) is 56.2 Å². The molecule has 1 saturated carbocycles. The lowest BCUT2D eigenvalue weighted by Crippen LogP contribution is -2.31. The number of hydrogen-bond acceptors (Lipinski definition) is 9. The highest BCUT2D eigenvalue weighted by atomic mass is 32.1. The highest BCUT2D eigenvalue weighted by Gasteiger charge is 2.21. The largest absolute Gasteiger partial charge is 0.493 e. The molecule has 12 heteroatoms. The van der Waals surface area contributed by atoms with E-state index in [0.29, 0.717) is 16.4 Å². The molecule has 2 atom stereocenters. The normalized spacial score (nSPS) is 16.5. The van der Waals surface area contributed by atoms with E-state index < -0.39 is 11.9 Å². The molecule has 0 saturated heterocycles. The van der Waals surface area contributed by atoms with E-state index in [1.54, 1.807) is 16.8 Å². The summed E-state index contributed by atoms with van der Waals surface area (Å²) >= 11 is 1.48. The number of aromatic amines is 2. The minimum absolute atomic E-state index is 0.181. The first-order valence-corrected chi connectivity index (χ1v) is 14.4. The Bertz CT molecular complexity index is 1590. The summed E-state index contributed by atoms with van der Waals surface area (Å²) in [6.07, 6.45) is 6.66. The standard InChI is InChI=1S/C27H36N8O3S/c1-4-34(5-2)12-6-7-16(3)29-26(37)22-11-10-21(39-22)19-14-23(30-18-8-9-18)35-24(31-19)17(15-28-35)13-20-25(36)33-27(38)32-20/h10-11,13-16,18,26,29,36-37H,4-9,12H2,1-3H3,(H2,32,33,38). The summed E-state index contributed by atoms with van der Waals surface area (Å²) < 4.78 is 1.68. The lowest BCUT2D eigenvalue weighted by Gasteiger charge is -2.21. The molecule has 2 unspecified atom stereocenters. The maximum Gasteiger partial charge on any atom is 0.326 e. The summed E-state index contributed by atoms with van der Waals surface area (Å²) in [5.74, 6) is -0.245. The lowest BCUT2D eigenvalue weighted by atomic mass is 10.1. The van der Waals surface area contributed by atoms with Crippen molar-refractivity contribution in [2.24, 2.45) is 4.99 Å². The monoisotopic (exact) mass is 552 g/mol. The number of aliphatic hydroxyl groups is 1. The summed E-state index contributed by atoms with van der Waals surface area (Å²) in [6.45, 7) is 9.64. The van der Waals surface area contributed by atoms with Crippen LogP contribution in [0.5, 0.6) is 5.88 Å². The number of nitrogens with one attached hydrogen (secondary N) is 3. The Balaban J connectivity index is 1.40. The van der Waals surface area contributed by atoms with Crippen LogP contribution in [0, 0.1) is 0 Å². The Kier molecular flexibility index (Phi) is 8.26. The summed E-state index contributed by atoms with van der Waals surface area (Å²) in [7, 11) is 0. The number of H-pyrrole nitrogens is 2. The Morgan fingerprint density at radius 3 is 2.79 bits per heavy atom. The zero-order valence-electron chi connectivity index (χ0n) is 22.5. The summed E-state index contributed by atoms with van der Waals surface area (Å²) in [5.41, 5.74) is 1.73. The second-order valence-corrected chi connectivity index (χ2v) is 11.1. The van der Waals surface area contributed by atoms with Crippen LogP contribution in [0.2, 0.25) is 0 Å². The van der Waals surface area contributed by atoms with Crippen LogP contribution in [-0.4, -0.2) is 71.4 Å². The van der Waals surface area contributed by atoms with E-state index in [0.717, 1.165) is 60.8 Å². The molecule has 1 fully saturated rings. The molecular weight excluding hydrogens is 516 g/mol. The smallest absolute Gasteiger partial charge is 0.326 e. The van der Waals surface area contributed by atoms with Gasteiger partial charge in [0.25, 0.3) is 0 Å². The van der Waals surface area contributed by atoms with Crippen molar-refractivity contribution in [3.8, 4) is 16.5 Å². The Labute approximate surface area is 230 Å². The SMILES string of the molecule is CCN(CC)CCCC(C)NC(O)c1ccc(-c2cc(=NC3CC3)n3ncc(=Cc4[nH]c(=O)[nH]c4O)c3n2)s1. The van der Waals surface area contributed by atoms with E-state index in [1.165, 1.54) is 11.3 Å². The maximum atomic E-state index is 11.6. The predicted molar refractivity (Wildman–Crippen MR) is 151 cm³/mol. The number of imidazole rings is 1. The van der Waals surface area contributed by atoms with Gasteiger partial charge in [0.15, 0.2) is 11.1 Å². The Hall–Kier alpha value is -3.32. The Morgan fingerprint density at radius 2 is 2.10 bits per heavy atom. The van der Waals surface area contributed by atoms with Gasteiger partial charge in [-0.1, -0.05) is 13.8 Å². The van der Waals surface area contributed by atoms with Crippen molar-refractivity contribution >= 4 is 23.1 Å². The second kappa shape index (κ2) is 11.8. The fourth-order valence-electron chi connectivity index (χ4n) is 4.56. The van der Waals surface area contributed by atoms with Gasteiger partial charge in [-0.15, -0.1) is 11.3 Å². The molecule has 4 heterocycles. The molecule has 5 rings (SSSR count). The molecule has 0 radical (unpaired) electrons. The fourth-order valence-corrected chi connectivity index (χ4v) is 5.47. The molecule has 1 aliphatic rings. The van der Waals surface area contributed by atoms with E-state index in [2.05, 4.69) is 46.1 Å². The van der Waals surface area contributed by atoms with Crippen LogP contribution < -0.4 is 21.7 Å². The third-order valence-electron chi connectivity index (χ3n) is 6.97. The van der Waals surface area contributed by atoms with E-state index >= 15 is 0 Å². The molecule has 39 heavy (non-hydrogen) atoms. The first-order chi connectivity index (χ1) is 18.8. The van der Waals surface area contributed by atoms with E-state index in [9.17, 15) is 15.0 Å². The van der Waals surface area contributed by atoms with Gasteiger partial charge < -0.3 is 20.1 Å². The number of rotatable bonds is 12. The number of aromatic hydroxyl groups is 1. The van der Waals surface area contributed by atoms with Gasteiger partial charge in [0, 0.05) is 22.2 Å². The van der Waals surface area contributed by atoms with Gasteiger partial charge in [-0.3, -0.25) is 15.3 Å².